The lowest BCUT2D eigenvalue weighted by atomic mass is 10.0. The zero-order valence-electron chi connectivity index (χ0n) is 18.1. The number of anilines is 1. The first-order chi connectivity index (χ1) is 15.6. The molecule has 3 rings (SSSR count). The van der Waals surface area contributed by atoms with Crippen molar-refractivity contribution in [1.29, 1.82) is 5.41 Å². The normalized spacial score (nSPS) is 18.5. The third kappa shape index (κ3) is 6.08. The van der Waals surface area contributed by atoms with Gasteiger partial charge in [-0.3, -0.25) is 24.3 Å². The number of nitrogens with zero attached hydrogens (tertiary/aromatic N) is 3. The molecule has 0 aliphatic carbocycles. The maximum absolute atomic E-state index is 12.9. The lowest BCUT2D eigenvalue weighted by Crippen LogP contribution is -2.58. The van der Waals surface area contributed by atoms with Crippen LogP contribution < -0.4 is 21.3 Å². The number of guanidine groups is 1. The minimum atomic E-state index is -3.89. The molecule has 1 aliphatic rings. The number of hydrogen-bond donors (Lipinski definition) is 5. The van der Waals surface area contributed by atoms with Crippen LogP contribution in [0, 0.1) is 12.3 Å². The van der Waals surface area contributed by atoms with Crippen LogP contribution in [-0.4, -0.2) is 58.7 Å². The average Bonchev–Trinajstić information content (AvgIpc) is 2.75. The van der Waals surface area contributed by atoms with Crippen LogP contribution in [-0.2, 0) is 27.1 Å². The van der Waals surface area contributed by atoms with Crippen LogP contribution >= 0.6 is 0 Å². The number of piperidine rings is 1. The molecule has 0 bridgehead atoms. The monoisotopic (exact) mass is 477 g/mol. The van der Waals surface area contributed by atoms with Crippen LogP contribution in [0.5, 0.6) is 0 Å². The van der Waals surface area contributed by atoms with Crippen molar-refractivity contribution >= 4 is 27.6 Å². The fraction of sp³-hybridized carbons (Fsp3) is 0.400. The Bertz CT molecular complexity index is 1180. The molecule has 12 nitrogen and oxygen atoms in total. The Balaban J connectivity index is 1.72. The summed E-state index contributed by atoms with van der Waals surface area (Å²) in [6, 6.07) is 7.82. The van der Waals surface area contributed by atoms with Crippen molar-refractivity contribution < 1.29 is 18.3 Å². The van der Waals surface area contributed by atoms with Crippen molar-refractivity contribution in [3.63, 3.8) is 0 Å². The highest BCUT2D eigenvalue weighted by molar-refractivity contribution is 7.91. The van der Waals surface area contributed by atoms with Gasteiger partial charge >= 0.3 is 0 Å². The van der Waals surface area contributed by atoms with E-state index in [2.05, 4.69) is 15.0 Å². The molecule has 33 heavy (non-hydrogen) atoms. The fourth-order valence-electron chi connectivity index (χ4n) is 3.61. The zero-order chi connectivity index (χ0) is 24.2. The molecule has 0 spiro atoms. The Morgan fingerprint density at radius 1 is 1.33 bits per heavy atom. The maximum atomic E-state index is 12.9. The number of aliphatic hydroxyl groups is 1. The number of hydrogen-bond acceptors (Lipinski definition) is 7. The van der Waals surface area contributed by atoms with E-state index in [0.29, 0.717) is 24.9 Å². The van der Waals surface area contributed by atoms with E-state index in [4.69, 9.17) is 11.1 Å². The van der Waals surface area contributed by atoms with Crippen molar-refractivity contribution in [2.45, 2.75) is 44.3 Å². The standard InChI is InChI=1S/C20H27N7O5S/c1-13-23-10-16(25-33(31,32)12-14-6-3-2-4-7-14)19(30)27(13)11-17(28)24-15-8-5-9-26(18(15)29)20(21)22/h2-4,6-7,10,15,18,25,29H,5,8-9,11-12H2,1H3,(H3,21,22)(H,24,28)/t15-,18?/m0/s1. The van der Waals surface area contributed by atoms with Crippen LogP contribution in [0.2, 0.25) is 0 Å². The van der Waals surface area contributed by atoms with Crippen LogP contribution in [0.1, 0.15) is 24.2 Å². The lowest BCUT2D eigenvalue weighted by Gasteiger charge is -2.38. The molecule has 6 N–H and O–H groups in total. The molecule has 1 saturated heterocycles. The molecule has 2 atom stereocenters. The molecule has 0 saturated carbocycles. The summed E-state index contributed by atoms with van der Waals surface area (Å²) in [7, 11) is -3.89. The molecular formula is C20H27N7O5S. The number of nitrogens with one attached hydrogen (secondary N) is 3. The third-order valence-electron chi connectivity index (χ3n) is 5.26. The minimum absolute atomic E-state index is 0.218. The van der Waals surface area contributed by atoms with Gasteiger partial charge in [0.1, 0.15) is 24.3 Å². The van der Waals surface area contributed by atoms with Gasteiger partial charge in [0.25, 0.3) is 5.56 Å². The molecule has 1 aliphatic heterocycles. The minimum Gasteiger partial charge on any atom is -0.371 e. The van der Waals surface area contributed by atoms with Gasteiger partial charge in [-0.2, -0.15) is 0 Å². The Morgan fingerprint density at radius 2 is 2.03 bits per heavy atom. The number of carbonyl (C=O) groups is 1. The van der Waals surface area contributed by atoms with Gasteiger partial charge in [-0.25, -0.2) is 13.4 Å². The van der Waals surface area contributed by atoms with Crippen LogP contribution in [0.25, 0.3) is 0 Å². The van der Waals surface area contributed by atoms with Gasteiger partial charge in [0, 0.05) is 6.54 Å². The van der Waals surface area contributed by atoms with Crippen LogP contribution in [0.3, 0.4) is 0 Å². The number of nitrogens with two attached hydrogens (primary N) is 1. The number of aromatic nitrogens is 2. The SMILES string of the molecule is Cc1ncc(NS(=O)(=O)Cc2ccccc2)c(=O)n1CC(=O)N[C@H]1CCCN(C(=N)N)C1O. The maximum Gasteiger partial charge on any atom is 0.278 e. The highest BCUT2D eigenvalue weighted by Gasteiger charge is 2.31. The van der Waals surface area contributed by atoms with Crippen molar-refractivity contribution in [3.05, 3.63) is 58.3 Å². The van der Waals surface area contributed by atoms with E-state index in [1.54, 1.807) is 30.3 Å². The summed E-state index contributed by atoms with van der Waals surface area (Å²) in [5.41, 5.74) is 5.02. The highest BCUT2D eigenvalue weighted by atomic mass is 32.2. The Kier molecular flexibility index (Phi) is 7.33. The molecule has 1 aromatic heterocycles. The van der Waals surface area contributed by atoms with E-state index < -0.39 is 40.3 Å². The summed E-state index contributed by atoms with van der Waals surface area (Å²) in [5.74, 6) is -0.974. The van der Waals surface area contributed by atoms with E-state index in [1.807, 2.05) is 0 Å². The van der Waals surface area contributed by atoms with E-state index in [1.165, 1.54) is 11.8 Å². The molecule has 2 heterocycles. The van der Waals surface area contributed by atoms with Gasteiger partial charge in [-0.15, -0.1) is 0 Å². The van der Waals surface area contributed by atoms with Gasteiger partial charge in [0.05, 0.1) is 18.0 Å². The summed E-state index contributed by atoms with van der Waals surface area (Å²) in [6.07, 6.45) is 1.04. The molecule has 13 heteroatoms. The van der Waals surface area contributed by atoms with Gasteiger partial charge < -0.3 is 21.1 Å². The molecular weight excluding hydrogens is 450 g/mol. The van der Waals surface area contributed by atoms with E-state index >= 15 is 0 Å². The van der Waals surface area contributed by atoms with Crippen molar-refractivity contribution in [2.24, 2.45) is 5.73 Å². The Labute approximate surface area is 191 Å². The van der Waals surface area contributed by atoms with E-state index in [-0.39, 0.29) is 23.2 Å². The summed E-state index contributed by atoms with van der Waals surface area (Å²) < 4.78 is 28.3. The first-order valence-electron chi connectivity index (χ1n) is 10.3. The van der Waals surface area contributed by atoms with Gasteiger partial charge in [0.2, 0.25) is 15.9 Å². The summed E-state index contributed by atoms with van der Waals surface area (Å²) >= 11 is 0. The number of likely N-dealkylation sites (tertiary alicyclic amines) is 1. The largest absolute Gasteiger partial charge is 0.371 e. The molecule has 2 aromatic rings. The second kappa shape index (κ2) is 10.0. The zero-order valence-corrected chi connectivity index (χ0v) is 18.9. The van der Waals surface area contributed by atoms with E-state index in [9.17, 15) is 23.1 Å². The number of aryl methyl sites for hydroxylation is 1. The first-order valence-corrected chi connectivity index (χ1v) is 11.9. The number of sulfonamides is 1. The quantitative estimate of drug-likeness (QED) is 0.256. The molecule has 1 amide bonds. The van der Waals surface area contributed by atoms with E-state index in [0.717, 1.165) is 10.8 Å². The van der Waals surface area contributed by atoms with Gasteiger partial charge in [0.15, 0.2) is 5.96 Å². The second-order valence-electron chi connectivity index (χ2n) is 7.77. The van der Waals surface area contributed by atoms with Crippen LogP contribution in [0.4, 0.5) is 5.69 Å². The Hall–Kier alpha value is -3.45. The number of carbonyl (C=O) groups excluding carboxylic acids is 1. The number of rotatable bonds is 7. The predicted molar refractivity (Wildman–Crippen MR) is 122 cm³/mol. The van der Waals surface area contributed by atoms with Crippen molar-refractivity contribution in [2.75, 3.05) is 11.3 Å². The Morgan fingerprint density at radius 3 is 2.70 bits per heavy atom. The fourth-order valence-corrected chi connectivity index (χ4v) is 4.79. The molecule has 1 unspecified atom stereocenters. The van der Waals surface area contributed by atoms with Crippen molar-refractivity contribution in [1.82, 2.24) is 19.8 Å². The van der Waals surface area contributed by atoms with Gasteiger partial charge in [-0.1, -0.05) is 30.3 Å². The van der Waals surface area contributed by atoms with Gasteiger partial charge in [-0.05, 0) is 25.3 Å². The smallest absolute Gasteiger partial charge is 0.278 e. The number of amides is 1. The molecule has 0 radical (unpaired) electrons. The van der Waals surface area contributed by atoms with Crippen molar-refractivity contribution in [3.8, 4) is 0 Å². The first kappa shape index (κ1) is 24.2. The highest BCUT2D eigenvalue weighted by Crippen LogP contribution is 2.15. The lowest BCUT2D eigenvalue weighted by molar-refractivity contribution is -0.125. The van der Waals surface area contributed by atoms with Crippen LogP contribution in [0.15, 0.2) is 41.3 Å². The summed E-state index contributed by atoms with van der Waals surface area (Å²) in [4.78, 5) is 30.8. The summed E-state index contributed by atoms with van der Waals surface area (Å²) in [6.45, 7) is 1.50. The summed E-state index contributed by atoms with van der Waals surface area (Å²) in [5, 5.41) is 20.5. The third-order valence-corrected chi connectivity index (χ3v) is 6.51. The predicted octanol–water partition coefficient (Wildman–Crippen LogP) is -0.714. The topological polar surface area (TPSA) is 184 Å². The number of benzene rings is 1. The second-order valence-corrected chi connectivity index (χ2v) is 9.49. The molecule has 178 valence electrons. The molecule has 1 fully saturated rings. The molecule has 1 aromatic carbocycles. The number of aliphatic hydroxyl groups excluding tert-OH is 1. The average molecular weight is 478 g/mol.